The largest absolute Gasteiger partial charge is 0.345 e. The molecule has 2 heterocycles. The number of rotatable bonds is 4. The third-order valence-electron chi connectivity index (χ3n) is 4.67. The summed E-state index contributed by atoms with van der Waals surface area (Å²) in [6.07, 6.45) is 1.53. The minimum atomic E-state index is -0.390. The first-order chi connectivity index (χ1) is 13.8. The molecule has 0 aliphatic rings. The third kappa shape index (κ3) is 3.76. The summed E-state index contributed by atoms with van der Waals surface area (Å²) in [5, 5.41) is 8.02. The molecule has 0 saturated heterocycles. The molecule has 0 amide bonds. The molecule has 1 unspecified atom stereocenters. The quantitative estimate of drug-likeness (QED) is 0.546. The molecule has 6 nitrogen and oxygen atoms in total. The Hall–Kier alpha value is -3.48. The highest BCUT2D eigenvalue weighted by molar-refractivity contribution is 5.74. The molecular weight excluding hydrogens is 369 g/mol. The molecule has 0 aliphatic carbocycles. The van der Waals surface area contributed by atoms with Crippen molar-refractivity contribution >= 4 is 17.0 Å². The summed E-state index contributed by atoms with van der Waals surface area (Å²) in [7, 11) is 0. The van der Waals surface area contributed by atoms with Crippen LogP contribution in [0.1, 0.15) is 37.9 Å². The predicted molar refractivity (Wildman–Crippen MR) is 111 cm³/mol. The van der Waals surface area contributed by atoms with Crippen LogP contribution in [0, 0.1) is 5.82 Å². The molecule has 0 aliphatic heterocycles. The molecule has 0 bridgehead atoms. The maximum absolute atomic E-state index is 13.9. The van der Waals surface area contributed by atoms with E-state index in [2.05, 4.69) is 20.4 Å². The Kier molecular flexibility index (Phi) is 4.66. The Morgan fingerprint density at radius 2 is 1.79 bits per heavy atom. The summed E-state index contributed by atoms with van der Waals surface area (Å²) in [5.41, 5.74) is 1.53. The molecule has 2 N–H and O–H groups in total. The highest BCUT2D eigenvalue weighted by Gasteiger charge is 2.21. The lowest BCUT2D eigenvalue weighted by atomic mass is 9.99. The lowest BCUT2D eigenvalue weighted by Crippen LogP contribution is -2.24. The normalized spacial score (nSPS) is 12.8. The van der Waals surface area contributed by atoms with Crippen molar-refractivity contribution in [2.24, 2.45) is 0 Å². The number of aromatic nitrogens is 4. The Bertz CT molecular complexity index is 1210. The summed E-state index contributed by atoms with van der Waals surface area (Å²) in [6, 6.07) is 15.6. The van der Waals surface area contributed by atoms with E-state index in [9.17, 15) is 9.18 Å². The standard InChI is InChI=1S/C22H22FN5O/c1-22(2,3)28-19-17(13-24-28)20(29)27-21(26-19)25-18(14-8-5-4-6-9-14)15-10-7-11-16(23)12-15/h4-13,18H,1-3H3,(H2,25,26,27,29). The number of halogens is 1. The van der Waals surface area contributed by atoms with Crippen LogP contribution in [0.25, 0.3) is 11.0 Å². The van der Waals surface area contributed by atoms with Crippen molar-refractivity contribution in [2.45, 2.75) is 32.4 Å². The van der Waals surface area contributed by atoms with E-state index in [0.717, 1.165) is 11.1 Å². The fourth-order valence-electron chi connectivity index (χ4n) is 3.31. The lowest BCUT2D eigenvalue weighted by molar-refractivity contribution is 0.366. The van der Waals surface area contributed by atoms with E-state index < -0.39 is 6.04 Å². The Morgan fingerprint density at radius 1 is 1.07 bits per heavy atom. The summed E-state index contributed by atoms with van der Waals surface area (Å²) in [6.45, 7) is 5.98. The summed E-state index contributed by atoms with van der Waals surface area (Å²) in [4.78, 5) is 20.0. The van der Waals surface area contributed by atoms with Gasteiger partial charge in [0.05, 0.1) is 17.8 Å². The number of benzene rings is 2. The molecule has 0 spiro atoms. The minimum absolute atomic E-state index is 0.279. The highest BCUT2D eigenvalue weighted by atomic mass is 19.1. The van der Waals surface area contributed by atoms with Gasteiger partial charge in [0.25, 0.3) is 5.56 Å². The molecule has 4 rings (SSSR count). The number of hydrogen-bond acceptors (Lipinski definition) is 4. The monoisotopic (exact) mass is 391 g/mol. The van der Waals surface area contributed by atoms with Gasteiger partial charge in [-0.2, -0.15) is 10.1 Å². The van der Waals surface area contributed by atoms with Gasteiger partial charge in [0.1, 0.15) is 11.2 Å². The zero-order valence-corrected chi connectivity index (χ0v) is 16.5. The van der Waals surface area contributed by atoms with Crippen molar-refractivity contribution in [3.8, 4) is 0 Å². The summed E-state index contributed by atoms with van der Waals surface area (Å²) in [5.74, 6) is -0.0282. The van der Waals surface area contributed by atoms with Gasteiger partial charge >= 0.3 is 0 Å². The molecule has 2 aromatic heterocycles. The van der Waals surface area contributed by atoms with Crippen molar-refractivity contribution in [3.63, 3.8) is 0 Å². The molecule has 1 atom stereocenters. The molecule has 7 heteroatoms. The van der Waals surface area contributed by atoms with Gasteiger partial charge in [-0.15, -0.1) is 0 Å². The van der Waals surface area contributed by atoms with E-state index in [1.165, 1.54) is 18.3 Å². The van der Waals surface area contributed by atoms with Gasteiger partial charge in [0.15, 0.2) is 5.65 Å². The van der Waals surface area contributed by atoms with Crippen LogP contribution in [0.3, 0.4) is 0 Å². The number of aromatic amines is 1. The van der Waals surface area contributed by atoms with Gasteiger partial charge in [-0.3, -0.25) is 9.78 Å². The van der Waals surface area contributed by atoms with Crippen LogP contribution < -0.4 is 10.9 Å². The topological polar surface area (TPSA) is 75.6 Å². The molecule has 2 aromatic carbocycles. The number of nitrogens with zero attached hydrogens (tertiary/aromatic N) is 3. The zero-order valence-electron chi connectivity index (χ0n) is 16.5. The van der Waals surface area contributed by atoms with E-state index in [4.69, 9.17) is 0 Å². The fraction of sp³-hybridized carbons (Fsp3) is 0.227. The average Bonchev–Trinajstić information content (AvgIpc) is 3.12. The highest BCUT2D eigenvalue weighted by Crippen LogP contribution is 2.26. The number of fused-ring (bicyclic) bond motifs is 1. The maximum Gasteiger partial charge on any atom is 0.263 e. The third-order valence-corrected chi connectivity index (χ3v) is 4.67. The van der Waals surface area contributed by atoms with E-state index in [1.807, 2.05) is 57.2 Å². The van der Waals surface area contributed by atoms with Gasteiger partial charge in [-0.05, 0) is 44.0 Å². The Labute approximate surface area is 167 Å². The Balaban J connectivity index is 1.82. The maximum atomic E-state index is 13.9. The SMILES string of the molecule is CC(C)(C)n1ncc2c(=O)[nH]c(NC(c3ccccc3)c3cccc(F)c3)nc21. The van der Waals surface area contributed by atoms with Crippen molar-refractivity contribution < 1.29 is 4.39 Å². The fourth-order valence-corrected chi connectivity index (χ4v) is 3.31. The minimum Gasteiger partial charge on any atom is -0.345 e. The number of nitrogens with one attached hydrogen (secondary N) is 2. The second-order valence-corrected chi connectivity index (χ2v) is 7.92. The number of anilines is 1. The van der Waals surface area contributed by atoms with Crippen LogP contribution in [0.2, 0.25) is 0 Å². The lowest BCUT2D eigenvalue weighted by Gasteiger charge is -2.22. The van der Waals surface area contributed by atoms with E-state index in [1.54, 1.807) is 10.7 Å². The Morgan fingerprint density at radius 3 is 2.48 bits per heavy atom. The second-order valence-electron chi connectivity index (χ2n) is 7.92. The van der Waals surface area contributed by atoms with Crippen LogP contribution in [-0.2, 0) is 5.54 Å². The predicted octanol–water partition coefficient (Wildman–Crippen LogP) is 4.22. The van der Waals surface area contributed by atoms with Crippen LogP contribution in [0.5, 0.6) is 0 Å². The first-order valence-electron chi connectivity index (χ1n) is 9.38. The molecule has 0 saturated carbocycles. The molecule has 0 fully saturated rings. The second kappa shape index (κ2) is 7.16. The van der Waals surface area contributed by atoms with E-state index in [0.29, 0.717) is 17.0 Å². The number of H-pyrrole nitrogens is 1. The number of hydrogen-bond donors (Lipinski definition) is 2. The van der Waals surface area contributed by atoms with Crippen molar-refractivity contribution in [1.82, 2.24) is 19.7 Å². The molecule has 4 aromatic rings. The van der Waals surface area contributed by atoms with Gasteiger partial charge in [-0.1, -0.05) is 42.5 Å². The van der Waals surface area contributed by atoms with Crippen molar-refractivity contribution in [2.75, 3.05) is 5.32 Å². The molecular formula is C22H22FN5O. The van der Waals surface area contributed by atoms with E-state index in [-0.39, 0.29) is 16.9 Å². The van der Waals surface area contributed by atoms with Crippen LogP contribution in [-0.4, -0.2) is 19.7 Å². The first-order valence-corrected chi connectivity index (χ1v) is 9.38. The average molecular weight is 391 g/mol. The van der Waals surface area contributed by atoms with Crippen molar-refractivity contribution in [1.29, 1.82) is 0 Å². The van der Waals surface area contributed by atoms with Gasteiger partial charge in [0.2, 0.25) is 5.95 Å². The van der Waals surface area contributed by atoms with Gasteiger partial charge in [-0.25, -0.2) is 9.07 Å². The summed E-state index contributed by atoms with van der Waals surface area (Å²) >= 11 is 0. The van der Waals surface area contributed by atoms with Crippen LogP contribution in [0.4, 0.5) is 10.3 Å². The molecule has 29 heavy (non-hydrogen) atoms. The van der Waals surface area contributed by atoms with Crippen LogP contribution >= 0.6 is 0 Å². The first kappa shape index (κ1) is 18.9. The van der Waals surface area contributed by atoms with Gasteiger partial charge < -0.3 is 5.32 Å². The molecule has 148 valence electrons. The van der Waals surface area contributed by atoms with Crippen molar-refractivity contribution in [3.05, 3.63) is 88.1 Å². The van der Waals surface area contributed by atoms with Crippen LogP contribution in [0.15, 0.2) is 65.6 Å². The zero-order chi connectivity index (χ0) is 20.6. The smallest absolute Gasteiger partial charge is 0.263 e. The molecule has 0 radical (unpaired) electrons. The van der Waals surface area contributed by atoms with E-state index >= 15 is 0 Å². The summed E-state index contributed by atoms with van der Waals surface area (Å²) < 4.78 is 15.6. The van der Waals surface area contributed by atoms with Gasteiger partial charge in [0, 0.05) is 0 Å².